The molecule has 7 heteroatoms. The van der Waals surface area contributed by atoms with E-state index in [1.807, 2.05) is 17.8 Å². The first-order valence-corrected chi connectivity index (χ1v) is 8.81. The highest BCUT2D eigenvalue weighted by atomic mass is 79.9. The van der Waals surface area contributed by atoms with Gasteiger partial charge in [-0.1, -0.05) is 0 Å². The Balaban J connectivity index is 1.80. The molecular weight excluding hydrogens is 358 g/mol. The molecule has 0 saturated carbocycles. The van der Waals surface area contributed by atoms with Crippen LogP contribution in [-0.4, -0.2) is 16.6 Å². The Kier molecular flexibility index (Phi) is 4.00. The summed E-state index contributed by atoms with van der Waals surface area (Å²) in [5.41, 5.74) is 7.48. The van der Waals surface area contributed by atoms with E-state index in [1.54, 1.807) is 17.4 Å². The molecular formula is C13H12BrN3OS2. The van der Waals surface area contributed by atoms with Crippen molar-refractivity contribution in [1.82, 2.24) is 4.98 Å². The summed E-state index contributed by atoms with van der Waals surface area (Å²) >= 11 is 6.84. The lowest BCUT2D eigenvalue weighted by atomic mass is 10.2. The average molecular weight is 370 g/mol. The normalized spacial score (nSPS) is 13.8. The van der Waals surface area contributed by atoms with E-state index in [0.717, 1.165) is 22.8 Å². The highest BCUT2D eigenvalue weighted by Crippen LogP contribution is 2.32. The summed E-state index contributed by atoms with van der Waals surface area (Å²) in [5.74, 6) is 2.51. The van der Waals surface area contributed by atoms with Crippen LogP contribution in [0, 0.1) is 0 Å². The SMILES string of the molecule is Nc1cnc(NC(=O)c2cc3c(s2)CCSC3)c(Br)c1. The highest BCUT2D eigenvalue weighted by molar-refractivity contribution is 9.10. The zero-order valence-electron chi connectivity index (χ0n) is 10.5. The fraction of sp³-hybridized carbons (Fsp3) is 0.231. The number of rotatable bonds is 2. The number of aryl methyl sites for hydroxylation is 1. The van der Waals surface area contributed by atoms with Crippen LogP contribution in [0.3, 0.4) is 0 Å². The van der Waals surface area contributed by atoms with E-state index in [0.29, 0.717) is 16.0 Å². The number of anilines is 2. The molecule has 20 heavy (non-hydrogen) atoms. The third-order valence-corrected chi connectivity index (χ3v) is 5.79. The Labute approximate surface area is 133 Å². The van der Waals surface area contributed by atoms with Crippen LogP contribution >= 0.6 is 39.0 Å². The predicted octanol–water partition coefficient (Wildman–Crippen LogP) is 3.53. The van der Waals surface area contributed by atoms with Crippen molar-refractivity contribution in [3.05, 3.63) is 38.1 Å². The topological polar surface area (TPSA) is 68.0 Å². The molecule has 2 aromatic heterocycles. The zero-order chi connectivity index (χ0) is 14.1. The van der Waals surface area contributed by atoms with E-state index in [9.17, 15) is 4.79 Å². The number of pyridine rings is 1. The van der Waals surface area contributed by atoms with Gasteiger partial charge in [0, 0.05) is 10.6 Å². The van der Waals surface area contributed by atoms with E-state index in [-0.39, 0.29) is 5.91 Å². The molecule has 0 bridgehead atoms. The number of thiophene rings is 1. The fourth-order valence-corrected chi connectivity index (χ4v) is 4.71. The van der Waals surface area contributed by atoms with E-state index >= 15 is 0 Å². The number of nitrogens with zero attached hydrogens (tertiary/aromatic N) is 1. The largest absolute Gasteiger partial charge is 0.397 e. The molecule has 4 nitrogen and oxygen atoms in total. The zero-order valence-corrected chi connectivity index (χ0v) is 13.7. The summed E-state index contributed by atoms with van der Waals surface area (Å²) < 4.78 is 0.683. The molecule has 3 N–H and O–H groups in total. The van der Waals surface area contributed by atoms with Crippen LogP contribution in [0.2, 0.25) is 0 Å². The molecule has 0 unspecified atom stereocenters. The van der Waals surface area contributed by atoms with Gasteiger partial charge >= 0.3 is 0 Å². The smallest absolute Gasteiger partial charge is 0.266 e. The number of thioether (sulfide) groups is 1. The van der Waals surface area contributed by atoms with Crippen molar-refractivity contribution >= 4 is 56.4 Å². The number of carbonyl (C=O) groups excluding carboxylic acids is 1. The van der Waals surface area contributed by atoms with Crippen LogP contribution < -0.4 is 11.1 Å². The Morgan fingerprint density at radius 1 is 1.45 bits per heavy atom. The molecule has 0 fully saturated rings. The second-order valence-corrected chi connectivity index (χ2v) is 7.51. The van der Waals surface area contributed by atoms with Gasteiger partial charge in [-0.25, -0.2) is 4.98 Å². The lowest BCUT2D eigenvalue weighted by Gasteiger charge is -2.08. The third kappa shape index (κ3) is 2.84. The van der Waals surface area contributed by atoms with Gasteiger partial charge in [0.1, 0.15) is 5.82 Å². The first-order valence-electron chi connectivity index (χ1n) is 6.05. The minimum absolute atomic E-state index is 0.118. The summed E-state index contributed by atoms with van der Waals surface area (Å²) in [4.78, 5) is 18.5. The Morgan fingerprint density at radius 3 is 3.05 bits per heavy atom. The number of fused-ring (bicyclic) bond motifs is 1. The van der Waals surface area contributed by atoms with Gasteiger partial charge < -0.3 is 11.1 Å². The minimum Gasteiger partial charge on any atom is -0.397 e. The Hall–Kier alpha value is -1.05. The lowest BCUT2D eigenvalue weighted by molar-refractivity contribution is 0.103. The molecule has 0 radical (unpaired) electrons. The highest BCUT2D eigenvalue weighted by Gasteiger charge is 2.18. The van der Waals surface area contributed by atoms with Gasteiger partial charge in [0.05, 0.1) is 21.2 Å². The monoisotopic (exact) mass is 369 g/mol. The number of amides is 1. The number of aromatic nitrogens is 1. The van der Waals surface area contributed by atoms with Crippen molar-refractivity contribution < 1.29 is 4.79 Å². The molecule has 0 saturated heterocycles. The summed E-state index contributed by atoms with van der Waals surface area (Å²) in [5, 5.41) is 2.81. The van der Waals surface area contributed by atoms with Gasteiger partial charge in [-0.3, -0.25) is 4.79 Å². The summed E-state index contributed by atoms with van der Waals surface area (Å²) in [6, 6.07) is 3.71. The molecule has 3 rings (SSSR count). The fourth-order valence-electron chi connectivity index (χ4n) is 1.97. The summed E-state index contributed by atoms with van der Waals surface area (Å²) in [6.45, 7) is 0. The number of halogens is 1. The van der Waals surface area contributed by atoms with E-state index < -0.39 is 0 Å². The lowest BCUT2D eigenvalue weighted by Crippen LogP contribution is -2.12. The predicted molar refractivity (Wildman–Crippen MR) is 88.5 cm³/mol. The van der Waals surface area contributed by atoms with Crippen LogP contribution in [-0.2, 0) is 12.2 Å². The second-order valence-electron chi connectivity index (χ2n) is 4.41. The third-order valence-electron chi connectivity index (χ3n) is 2.95. The number of carbonyl (C=O) groups is 1. The average Bonchev–Trinajstić information content (AvgIpc) is 2.86. The van der Waals surface area contributed by atoms with Crippen LogP contribution in [0.25, 0.3) is 0 Å². The number of nitrogens with two attached hydrogens (primary N) is 1. The molecule has 1 aliphatic heterocycles. The van der Waals surface area contributed by atoms with Gasteiger partial charge in [0.2, 0.25) is 0 Å². The van der Waals surface area contributed by atoms with Crippen molar-refractivity contribution in [3.8, 4) is 0 Å². The van der Waals surface area contributed by atoms with Crippen LogP contribution in [0.5, 0.6) is 0 Å². The quantitative estimate of drug-likeness (QED) is 0.849. The molecule has 1 amide bonds. The molecule has 3 heterocycles. The number of nitrogen functional groups attached to an aromatic ring is 1. The van der Waals surface area contributed by atoms with Crippen molar-refractivity contribution in [2.24, 2.45) is 0 Å². The van der Waals surface area contributed by atoms with Gasteiger partial charge in [0.25, 0.3) is 5.91 Å². The molecule has 1 aliphatic rings. The van der Waals surface area contributed by atoms with Crippen molar-refractivity contribution in [3.63, 3.8) is 0 Å². The first kappa shape index (κ1) is 13.9. The number of hydrogen-bond donors (Lipinski definition) is 2. The standard InChI is InChI=1S/C13H12BrN3OS2/c14-9-4-8(15)5-16-12(9)17-13(18)11-3-7-6-19-2-1-10(7)20-11/h3-5H,1-2,6,15H2,(H,16,17,18). The Bertz CT molecular complexity index is 648. The van der Waals surface area contributed by atoms with E-state index in [4.69, 9.17) is 5.73 Å². The summed E-state index contributed by atoms with van der Waals surface area (Å²) in [7, 11) is 0. The number of hydrogen-bond acceptors (Lipinski definition) is 5. The van der Waals surface area contributed by atoms with Crippen LogP contribution in [0.15, 0.2) is 22.8 Å². The van der Waals surface area contributed by atoms with Gasteiger partial charge in [0.15, 0.2) is 0 Å². The maximum absolute atomic E-state index is 12.3. The van der Waals surface area contributed by atoms with E-state index in [2.05, 4.69) is 26.2 Å². The van der Waals surface area contributed by atoms with Gasteiger partial charge in [-0.05, 0) is 45.8 Å². The molecule has 2 aromatic rings. The number of nitrogens with one attached hydrogen (secondary N) is 1. The van der Waals surface area contributed by atoms with Crippen molar-refractivity contribution in [2.75, 3.05) is 16.8 Å². The van der Waals surface area contributed by atoms with Crippen LogP contribution in [0.1, 0.15) is 20.1 Å². The van der Waals surface area contributed by atoms with Crippen molar-refractivity contribution in [2.45, 2.75) is 12.2 Å². The first-order chi connectivity index (χ1) is 9.63. The molecule has 104 valence electrons. The molecule has 0 aliphatic carbocycles. The summed E-state index contributed by atoms with van der Waals surface area (Å²) in [6.07, 6.45) is 2.58. The minimum atomic E-state index is -0.118. The van der Waals surface area contributed by atoms with Crippen molar-refractivity contribution in [1.29, 1.82) is 0 Å². The molecule has 0 atom stereocenters. The molecule has 0 aromatic carbocycles. The maximum atomic E-state index is 12.3. The maximum Gasteiger partial charge on any atom is 0.266 e. The second kappa shape index (κ2) is 5.75. The van der Waals surface area contributed by atoms with E-state index in [1.165, 1.54) is 16.6 Å². The molecule has 0 spiro atoms. The van der Waals surface area contributed by atoms with Gasteiger partial charge in [-0.15, -0.1) is 11.3 Å². The van der Waals surface area contributed by atoms with Crippen LogP contribution in [0.4, 0.5) is 11.5 Å². The Morgan fingerprint density at radius 2 is 2.30 bits per heavy atom. The van der Waals surface area contributed by atoms with Gasteiger partial charge in [-0.2, -0.15) is 11.8 Å².